The third-order valence-corrected chi connectivity index (χ3v) is 3.94. The molecule has 1 aromatic rings. The van der Waals surface area contributed by atoms with E-state index in [-0.39, 0.29) is 30.9 Å². The molecular formula is C12H19N3O2S. The number of thiophene rings is 1. The highest BCUT2D eigenvalue weighted by molar-refractivity contribution is 7.12. The van der Waals surface area contributed by atoms with Gasteiger partial charge >= 0.3 is 0 Å². The number of rotatable bonds is 5. The van der Waals surface area contributed by atoms with Crippen LogP contribution in [0, 0.1) is 6.92 Å². The lowest BCUT2D eigenvalue weighted by atomic mass is 10.2. The number of amides is 2. The number of likely N-dealkylation sites (N-methyl/N-ethyl adjacent to an activating group) is 1. The van der Waals surface area contributed by atoms with Crippen LogP contribution in [0.15, 0.2) is 12.1 Å². The van der Waals surface area contributed by atoms with Gasteiger partial charge in [-0.1, -0.05) is 0 Å². The monoisotopic (exact) mass is 269 g/mol. The van der Waals surface area contributed by atoms with Crippen LogP contribution in [0.4, 0.5) is 0 Å². The summed E-state index contributed by atoms with van der Waals surface area (Å²) < 4.78 is 0. The number of nitrogens with zero attached hydrogens (tertiary/aromatic N) is 1. The molecule has 100 valence electrons. The van der Waals surface area contributed by atoms with Gasteiger partial charge < -0.3 is 16.0 Å². The van der Waals surface area contributed by atoms with E-state index in [1.165, 1.54) is 4.88 Å². The third-order valence-electron chi connectivity index (χ3n) is 2.77. The van der Waals surface area contributed by atoms with Gasteiger partial charge in [0.15, 0.2) is 0 Å². The van der Waals surface area contributed by atoms with Gasteiger partial charge in [0.2, 0.25) is 11.8 Å². The number of hydrogen-bond acceptors (Lipinski definition) is 4. The summed E-state index contributed by atoms with van der Waals surface area (Å²) in [6.07, 6.45) is 0. The summed E-state index contributed by atoms with van der Waals surface area (Å²) in [5.41, 5.74) is 5.15. The Kier molecular flexibility index (Phi) is 5.30. The van der Waals surface area contributed by atoms with Crippen LogP contribution in [0.2, 0.25) is 0 Å². The Morgan fingerprint density at radius 1 is 1.50 bits per heavy atom. The third kappa shape index (κ3) is 3.82. The lowest BCUT2D eigenvalue weighted by molar-refractivity contribution is -0.133. The number of aryl methyl sites for hydroxylation is 1. The Labute approximate surface area is 111 Å². The summed E-state index contributed by atoms with van der Waals surface area (Å²) in [6.45, 7) is 3.88. The minimum Gasteiger partial charge on any atom is -0.346 e. The van der Waals surface area contributed by atoms with Gasteiger partial charge in [-0.3, -0.25) is 9.59 Å². The first-order valence-electron chi connectivity index (χ1n) is 5.74. The molecule has 1 atom stereocenters. The summed E-state index contributed by atoms with van der Waals surface area (Å²) in [4.78, 5) is 26.8. The Hall–Kier alpha value is -1.40. The Bertz CT molecular complexity index is 431. The van der Waals surface area contributed by atoms with Crippen LogP contribution in [-0.4, -0.2) is 36.9 Å². The van der Waals surface area contributed by atoms with Crippen LogP contribution in [0.1, 0.15) is 22.7 Å². The molecular weight excluding hydrogens is 250 g/mol. The zero-order valence-electron chi connectivity index (χ0n) is 10.9. The van der Waals surface area contributed by atoms with Crippen LogP contribution in [0.3, 0.4) is 0 Å². The molecule has 0 bridgehead atoms. The van der Waals surface area contributed by atoms with Gasteiger partial charge in [0.1, 0.15) is 0 Å². The molecule has 0 aliphatic rings. The highest BCUT2D eigenvalue weighted by atomic mass is 32.1. The van der Waals surface area contributed by atoms with Crippen molar-refractivity contribution in [3.05, 3.63) is 21.9 Å². The molecule has 0 aliphatic heterocycles. The second-order valence-corrected chi connectivity index (χ2v) is 5.43. The summed E-state index contributed by atoms with van der Waals surface area (Å²) in [6, 6.07) is 4.06. The molecule has 0 fully saturated rings. The maximum absolute atomic E-state index is 11.9. The second kappa shape index (κ2) is 6.51. The van der Waals surface area contributed by atoms with E-state index in [2.05, 4.69) is 5.32 Å². The average Bonchev–Trinajstić information content (AvgIpc) is 2.80. The van der Waals surface area contributed by atoms with Gasteiger partial charge in [-0.15, -0.1) is 11.3 Å². The van der Waals surface area contributed by atoms with Crippen LogP contribution in [-0.2, 0) is 9.59 Å². The first kappa shape index (κ1) is 14.7. The van der Waals surface area contributed by atoms with Crippen molar-refractivity contribution in [3.63, 3.8) is 0 Å². The molecule has 3 N–H and O–H groups in total. The first-order chi connectivity index (χ1) is 8.45. The normalized spacial score (nSPS) is 12.0. The molecule has 0 aliphatic carbocycles. The predicted octanol–water partition coefficient (Wildman–Crippen LogP) is 0.651. The lowest BCUT2D eigenvalue weighted by Crippen LogP contribution is -2.41. The molecule has 0 radical (unpaired) electrons. The fourth-order valence-corrected chi connectivity index (χ4v) is 2.43. The molecule has 1 heterocycles. The van der Waals surface area contributed by atoms with Gasteiger partial charge in [-0.2, -0.15) is 0 Å². The minimum atomic E-state index is -0.323. The standard InChI is InChI=1S/C12H19N3O2S/c1-8-4-5-10(18-8)9(2)15(3)12(17)7-14-11(16)6-13/h4-5,9H,6-7,13H2,1-3H3,(H,14,16). The molecule has 0 saturated heterocycles. The van der Waals surface area contributed by atoms with Gasteiger partial charge in [0.05, 0.1) is 19.1 Å². The topological polar surface area (TPSA) is 75.4 Å². The van der Waals surface area contributed by atoms with Crippen molar-refractivity contribution in [2.45, 2.75) is 19.9 Å². The second-order valence-electron chi connectivity index (χ2n) is 4.11. The molecule has 0 aromatic carbocycles. The van der Waals surface area contributed by atoms with Crippen LogP contribution in [0.25, 0.3) is 0 Å². The summed E-state index contributed by atoms with van der Waals surface area (Å²) in [5.74, 6) is -0.452. The largest absolute Gasteiger partial charge is 0.346 e. The van der Waals surface area contributed by atoms with Crippen molar-refractivity contribution in [3.8, 4) is 0 Å². The Balaban J connectivity index is 2.55. The van der Waals surface area contributed by atoms with Gasteiger partial charge in [0.25, 0.3) is 0 Å². The van der Waals surface area contributed by atoms with Crippen molar-refractivity contribution in [1.29, 1.82) is 0 Å². The van der Waals surface area contributed by atoms with E-state index < -0.39 is 0 Å². The average molecular weight is 269 g/mol. The van der Waals surface area contributed by atoms with E-state index in [1.807, 2.05) is 26.0 Å². The van der Waals surface area contributed by atoms with Gasteiger partial charge in [-0.05, 0) is 26.0 Å². The maximum atomic E-state index is 11.9. The smallest absolute Gasteiger partial charge is 0.242 e. The fourth-order valence-electron chi connectivity index (χ4n) is 1.46. The molecule has 6 heteroatoms. The quantitative estimate of drug-likeness (QED) is 0.824. The number of nitrogens with one attached hydrogen (secondary N) is 1. The van der Waals surface area contributed by atoms with Crippen LogP contribution >= 0.6 is 11.3 Å². The molecule has 0 saturated carbocycles. The number of nitrogens with two attached hydrogens (primary N) is 1. The van der Waals surface area contributed by atoms with E-state index in [0.29, 0.717) is 0 Å². The zero-order valence-corrected chi connectivity index (χ0v) is 11.7. The van der Waals surface area contributed by atoms with E-state index in [9.17, 15) is 9.59 Å². The van der Waals surface area contributed by atoms with E-state index >= 15 is 0 Å². The minimum absolute atomic E-state index is 0.00554. The summed E-state index contributed by atoms with van der Waals surface area (Å²) in [5, 5.41) is 2.47. The molecule has 2 amide bonds. The van der Waals surface area contributed by atoms with E-state index in [0.717, 1.165) is 4.88 Å². The highest BCUT2D eigenvalue weighted by Gasteiger charge is 2.18. The van der Waals surface area contributed by atoms with Crippen molar-refractivity contribution < 1.29 is 9.59 Å². The van der Waals surface area contributed by atoms with Crippen molar-refractivity contribution >= 4 is 23.2 Å². The van der Waals surface area contributed by atoms with Crippen molar-refractivity contribution in [1.82, 2.24) is 10.2 Å². The summed E-state index contributed by atoms with van der Waals surface area (Å²) in [7, 11) is 1.73. The molecule has 1 unspecified atom stereocenters. The highest BCUT2D eigenvalue weighted by Crippen LogP contribution is 2.26. The SMILES string of the molecule is Cc1ccc(C(C)N(C)C(=O)CNC(=O)CN)s1. The zero-order chi connectivity index (χ0) is 13.7. The summed E-state index contributed by atoms with van der Waals surface area (Å²) >= 11 is 1.67. The maximum Gasteiger partial charge on any atom is 0.242 e. The number of hydrogen-bond donors (Lipinski definition) is 2. The van der Waals surface area contributed by atoms with Crippen molar-refractivity contribution in [2.75, 3.05) is 20.1 Å². The Morgan fingerprint density at radius 2 is 2.17 bits per heavy atom. The Morgan fingerprint density at radius 3 is 2.67 bits per heavy atom. The molecule has 5 nitrogen and oxygen atoms in total. The lowest BCUT2D eigenvalue weighted by Gasteiger charge is -2.24. The van der Waals surface area contributed by atoms with E-state index in [1.54, 1.807) is 23.3 Å². The molecule has 18 heavy (non-hydrogen) atoms. The first-order valence-corrected chi connectivity index (χ1v) is 6.56. The van der Waals surface area contributed by atoms with Crippen LogP contribution < -0.4 is 11.1 Å². The van der Waals surface area contributed by atoms with Crippen molar-refractivity contribution in [2.24, 2.45) is 5.73 Å². The molecule has 0 spiro atoms. The predicted molar refractivity (Wildman–Crippen MR) is 72.3 cm³/mol. The number of carbonyl (C=O) groups excluding carboxylic acids is 2. The van der Waals surface area contributed by atoms with E-state index in [4.69, 9.17) is 5.73 Å². The molecule has 1 aromatic heterocycles. The van der Waals surface area contributed by atoms with Crippen LogP contribution in [0.5, 0.6) is 0 Å². The molecule has 1 rings (SSSR count). The number of carbonyl (C=O) groups is 2. The van der Waals surface area contributed by atoms with Gasteiger partial charge in [0, 0.05) is 16.8 Å². The fraction of sp³-hybridized carbons (Fsp3) is 0.500. The van der Waals surface area contributed by atoms with Gasteiger partial charge in [-0.25, -0.2) is 0 Å².